The first-order valence-electron chi connectivity index (χ1n) is 24.4. The SMILES string of the molecule is CCCCCCCCCCCCCCCCCCCc1cc[n+](C(CC)c2ccccc2)cc1CCCCCCCCCCCCCCCCCCC. The summed E-state index contributed by atoms with van der Waals surface area (Å²) in [6, 6.07) is 14.1. The molecule has 0 aliphatic rings. The van der Waals surface area contributed by atoms with E-state index in [0.717, 1.165) is 6.42 Å². The molecule has 0 bridgehead atoms. The molecule has 1 atom stereocenters. The molecule has 1 heterocycles. The largest absolute Gasteiger partial charge is 0.198 e. The number of benzene rings is 1. The number of unbranched alkanes of at least 4 members (excludes halogenated alkanes) is 32. The normalized spacial score (nSPS) is 12.1. The van der Waals surface area contributed by atoms with Crippen LogP contribution in [0.2, 0.25) is 0 Å². The fraction of sp³-hybridized carbons (Fsp3) is 0.788. The summed E-state index contributed by atoms with van der Waals surface area (Å²) in [5.41, 5.74) is 4.69. The van der Waals surface area contributed by atoms with Gasteiger partial charge in [0, 0.05) is 23.6 Å². The van der Waals surface area contributed by atoms with Crippen LogP contribution in [-0.4, -0.2) is 0 Å². The lowest BCUT2D eigenvalue weighted by molar-refractivity contribution is -0.714. The van der Waals surface area contributed by atoms with Crippen molar-refractivity contribution in [3.63, 3.8) is 0 Å². The van der Waals surface area contributed by atoms with Gasteiger partial charge in [0.15, 0.2) is 18.4 Å². The maximum atomic E-state index is 2.54. The fourth-order valence-electron chi connectivity index (χ4n) is 8.63. The molecule has 0 aliphatic heterocycles. The second kappa shape index (κ2) is 36.0. The number of nitrogens with zero attached hydrogens (tertiary/aromatic N) is 1. The molecular weight excluding hydrogens is 639 g/mol. The summed E-state index contributed by atoms with van der Waals surface area (Å²) >= 11 is 0. The van der Waals surface area contributed by atoms with Gasteiger partial charge in [-0.25, -0.2) is 0 Å². The average molecular weight is 731 g/mol. The lowest BCUT2D eigenvalue weighted by atomic mass is 9.96. The van der Waals surface area contributed by atoms with Crippen LogP contribution in [-0.2, 0) is 12.8 Å². The van der Waals surface area contributed by atoms with Crippen LogP contribution in [0.4, 0.5) is 0 Å². The number of rotatable bonds is 39. The Kier molecular flexibility index (Phi) is 32.3. The zero-order valence-electron chi connectivity index (χ0n) is 36.3. The van der Waals surface area contributed by atoms with Crippen LogP contribution in [0, 0.1) is 0 Å². The van der Waals surface area contributed by atoms with E-state index in [2.05, 4.69) is 74.1 Å². The number of aryl methyl sites for hydroxylation is 2. The van der Waals surface area contributed by atoms with Crippen molar-refractivity contribution in [2.24, 2.45) is 0 Å². The Balaban J connectivity index is 1.61. The van der Waals surface area contributed by atoms with Crippen LogP contribution in [0.15, 0.2) is 48.8 Å². The number of hydrogen-bond donors (Lipinski definition) is 0. The summed E-state index contributed by atoms with van der Waals surface area (Å²) in [5.74, 6) is 0. The Morgan fingerprint density at radius 3 is 1.02 bits per heavy atom. The Bertz CT molecular complexity index is 1030. The monoisotopic (exact) mass is 731 g/mol. The van der Waals surface area contributed by atoms with Gasteiger partial charge in [-0.2, -0.15) is 4.57 Å². The molecule has 0 amide bonds. The van der Waals surface area contributed by atoms with Crippen molar-refractivity contribution in [1.29, 1.82) is 0 Å². The van der Waals surface area contributed by atoms with Gasteiger partial charge in [0.1, 0.15) is 0 Å². The van der Waals surface area contributed by atoms with Crippen molar-refractivity contribution in [3.05, 3.63) is 65.5 Å². The average Bonchev–Trinajstić information content (AvgIpc) is 3.18. The first-order valence-corrected chi connectivity index (χ1v) is 24.4. The maximum Gasteiger partial charge on any atom is 0.183 e. The van der Waals surface area contributed by atoms with Crippen LogP contribution >= 0.6 is 0 Å². The first kappa shape index (κ1) is 47.5. The lowest BCUT2D eigenvalue weighted by Gasteiger charge is -2.14. The Labute approximate surface area is 333 Å². The molecule has 0 N–H and O–H groups in total. The zero-order valence-corrected chi connectivity index (χ0v) is 36.3. The Morgan fingerprint density at radius 2 is 0.679 bits per heavy atom. The molecule has 0 saturated heterocycles. The Morgan fingerprint density at radius 1 is 0.358 bits per heavy atom. The van der Waals surface area contributed by atoms with Gasteiger partial charge in [-0.3, -0.25) is 0 Å². The van der Waals surface area contributed by atoms with E-state index in [9.17, 15) is 0 Å². The summed E-state index contributed by atoms with van der Waals surface area (Å²) in [6.07, 6.45) is 57.6. The molecule has 304 valence electrons. The number of hydrogen-bond acceptors (Lipinski definition) is 0. The molecule has 0 aliphatic carbocycles. The minimum atomic E-state index is 0.430. The lowest BCUT2D eigenvalue weighted by Crippen LogP contribution is -2.40. The topological polar surface area (TPSA) is 3.88 Å². The molecule has 1 aromatic carbocycles. The molecule has 1 nitrogen and oxygen atoms in total. The van der Waals surface area contributed by atoms with Gasteiger partial charge in [0.2, 0.25) is 0 Å². The highest BCUT2D eigenvalue weighted by molar-refractivity contribution is 5.23. The summed E-state index contributed by atoms with van der Waals surface area (Å²) < 4.78 is 2.52. The number of pyridine rings is 1. The van der Waals surface area contributed by atoms with E-state index in [0.29, 0.717) is 6.04 Å². The van der Waals surface area contributed by atoms with Crippen molar-refractivity contribution in [2.45, 2.75) is 264 Å². The van der Waals surface area contributed by atoms with Gasteiger partial charge in [0.05, 0.1) is 0 Å². The van der Waals surface area contributed by atoms with Gasteiger partial charge in [-0.1, -0.05) is 257 Å². The van der Waals surface area contributed by atoms with Crippen molar-refractivity contribution in [3.8, 4) is 0 Å². The van der Waals surface area contributed by atoms with E-state index >= 15 is 0 Å². The Hall–Kier alpha value is -1.63. The first-order chi connectivity index (χ1) is 26.3. The molecular formula is C52H92N+. The smallest absolute Gasteiger partial charge is 0.183 e. The van der Waals surface area contributed by atoms with Crippen molar-refractivity contribution in [1.82, 2.24) is 0 Å². The van der Waals surface area contributed by atoms with Crippen LogP contribution in [0.3, 0.4) is 0 Å². The van der Waals surface area contributed by atoms with Crippen LogP contribution in [0.1, 0.15) is 268 Å². The van der Waals surface area contributed by atoms with E-state index < -0.39 is 0 Å². The molecule has 0 saturated carbocycles. The van der Waals surface area contributed by atoms with Gasteiger partial charge in [-0.05, 0) is 31.2 Å². The third-order valence-corrected chi connectivity index (χ3v) is 12.2. The van der Waals surface area contributed by atoms with Crippen molar-refractivity contribution in [2.75, 3.05) is 0 Å². The van der Waals surface area contributed by atoms with Gasteiger partial charge in [-0.15, -0.1) is 0 Å². The molecule has 0 radical (unpaired) electrons. The second-order valence-electron chi connectivity index (χ2n) is 17.1. The summed E-state index contributed by atoms with van der Waals surface area (Å²) in [6.45, 7) is 6.96. The predicted octanol–water partition coefficient (Wildman–Crippen LogP) is 17.4. The molecule has 2 aromatic rings. The van der Waals surface area contributed by atoms with Crippen LogP contribution in [0.5, 0.6) is 0 Å². The summed E-state index contributed by atoms with van der Waals surface area (Å²) in [7, 11) is 0. The highest BCUT2D eigenvalue weighted by Crippen LogP contribution is 2.21. The van der Waals surface area contributed by atoms with Crippen molar-refractivity contribution < 1.29 is 4.57 Å². The van der Waals surface area contributed by atoms with E-state index in [-0.39, 0.29) is 0 Å². The van der Waals surface area contributed by atoms with Crippen molar-refractivity contribution >= 4 is 0 Å². The highest BCUT2D eigenvalue weighted by Gasteiger charge is 2.20. The predicted molar refractivity (Wildman–Crippen MR) is 237 cm³/mol. The molecule has 1 aromatic heterocycles. The third-order valence-electron chi connectivity index (χ3n) is 12.2. The van der Waals surface area contributed by atoms with E-state index in [4.69, 9.17) is 0 Å². The van der Waals surface area contributed by atoms with E-state index in [1.165, 1.54) is 237 Å². The van der Waals surface area contributed by atoms with Gasteiger partial charge >= 0.3 is 0 Å². The highest BCUT2D eigenvalue weighted by atomic mass is 15.0. The molecule has 0 fully saturated rings. The molecule has 2 rings (SSSR count). The molecule has 0 spiro atoms. The standard InChI is InChI=1S/C52H92N/c1-4-7-9-11-13-15-17-19-21-23-25-27-29-31-33-35-38-42-49-46-47-53(52(6-3)50-43-40-37-41-44-50)48-51(49)45-39-36-34-32-30-28-26-24-22-20-18-16-14-12-10-8-5-2/h37,40-41,43-44,46-48,52H,4-36,38-39,42,45H2,1-3H3/q+1. The van der Waals surface area contributed by atoms with Gasteiger partial charge < -0.3 is 0 Å². The molecule has 1 heteroatoms. The van der Waals surface area contributed by atoms with Crippen LogP contribution < -0.4 is 4.57 Å². The van der Waals surface area contributed by atoms with E-state index in [1.54, 1.807) is 11.1 Å². The molecule has 53 heavy (non-hydrogen) atoms. The minimum absolute atomic E-state index is 0.430. The number of aromatic nitrogens is 1. The molecule has 1 unspecified atom stereocenters. The maximum absolute atomic E-state index is 2.54. The summed E-state index contributed by atoms with van der Waals surface area (Å²) in [4.78, 5) is 0. The quantitative estimate of drug-likeness (QED) is 0.0476. The zero-order chi connectivity index (χ0) is 37.7. The fourth-order valence-corrected chi connectivity index (χ4v) is 8.63. The minimum Gasteiger partial charge on any atom is -0.198 e. The second-order valence-corrected chi connectivity index (χ2v) is 17.1. The van der Waals surface area contributed by atoms with E-state index in [1.807, 2.05) is 0 Å². The van der Waals surface area contributed by atoms with Crippen LogP contribution in [0.25, 0.3) is 0 Å². The third kappa shape index (κ3) is 26.0. The summed E-state index contributed by atoms with van der Waals surface area (Å²) in [5, 5.41) is 0. The van der Waals surface area contributed by atoms with Gasteiger partial charge in [0.25, 0.3) is 0 Å².